The van der Waals surface area contributed by atoms with Crippen LogP contribution in [0.3, 0.4) is 0 Å². The first kappa shape index (κ1) is 29.1. The first-order valence-corrected chi connectivity index (χ1v) is 13.3. The molecule has 0 spiro atoms. The van der Waals surface area contributed by atoms with Crippen molar-refractivity contribution in [2.45, 2.75) is 61.9 Å². The summed E-state index contributed by atoms with van der Waals surface area (Å²) in [5.74, 6) is -0.370. The van der Waals surface area contributed by atoms with Crippen LogP contribution in [0.4, 0.5) is 26.3 Å². The van der Waals surface area contributed by atoms with Crippen LogP contribution in [0, 0.1) is 17.2 Å². The molecule has 2 bridgehead atoms. The van der Waals surface area contributed by atoms with Gasteiger partial charge in [-0.3, -0.25) is 4.90 Å². The molecule has 2 aliphatic rings. The maximum atomic E-state index is 13.6. The number of aliphatic hydroxyl groups excluding tert-OH is 1. The van der Waals surface area contributed by atoms with E-state index in [4.69, 9.17) is 4.74 Å². The Morgan fingerprint density at radius 2 is 1.49 bits per heavy atom. The van der Waals surface area contributed by atoms with Crippen molar-refractivity contribution < 1.29 is 36.2 Å². The van der Waals surface area contributed by atoms with Gasteiger partial charge in [-0.15, -0.1) is 0 Å². The number of aliphatic hydroxyl groups is 1. The van der Waals surface area contributed by atoms with Gasteiger partial charge in [0.2, 0.25) is 0 Å². The number of nitriles is 1. The van der Waals surface area contributed by atoms with Crippen LogP contribution < -0.4 is 0 Å². The van der Waals surface area contributed by atoms with E-state index < -0.39 is 53.4 Å². The minimum Gasteiger partial charge on any atom is -0.393 e. The van der Waals surface area contributed by atoms with Crippen LogP contribution in [0.2, 0.25) is 0 Å². The van der Waals surface area contributed by atoms with Crippen molar-refractivity contribution in [3.8, 4) is 6.07 Å². The fraction of sp³-hybridized carbons (Fsp3) is 0.387. The zero-order valence-electron chi connectivity index (χ0n) is 21.9. The third-order valence-electron chi connectivity index (χ3n) is 8.28. The average Bonchev–Trinajstić information content (AvgIpc) is 3.16. The van der Waals surface area contributed by atoms with Crippen molar-refractivity contribution in [3.05, 3.63) is 107 Å². The van der Waals surface area contributed by atoms with E-state index in [0.717, 1.165) is 11.1 Å². The highest BCUT2D eigenvalue weighted by Crippen LogP contribution is 2.55. The number of rotatable bonds is 7. The van der Waals surface area contributed by atoms with Crippen LogP contribution >= 0.6 is 0 Å². The Kier molecular flexibility index (Phi) is 7.90. The van der Waals surface area contributed by atoms with Crippen LogP contribution in [0.25, 0.3) is 0 Å². The normalized spacial score (nSPS) is 25.6. The summed E-state index contributed by atoms with van der Waals surface area (Å²) in [5.41, 5.74) is -2.43. The lowest BCUT2D eigenvalue weighted by molar-refractivity contribution is -0.146. The van der Waals surface area contributed by atoms with E-state index in [1.807, 2.05) is 60.7 Å². The number of hydrogen-bond donors (Lipinski definition) is 1. The minimum absolute atomic E-state index is 0.0602. The zero-order valence-corrected chi connectivity index (χ0v) is 21.9. The summed E-state index contributed by atoms with van der Waals surface area (Å²) in [7, 11) is 0. The summed E-state index contributed by atoms with van der Waals surface area (Å²) in [6.07, 6.45) is -10.9. The molecule has 4 nitrogen and oxygen atoms in total. The van der Waals surface area contributed by atoms with Crippen molar-refractivity contribution in [1.29, 1.82) is 5.26 Å². The van der Waals surface area contributed by atoms with E-state index >= 15 is 0 Å². The van der Waals surface area contributed by atoms with E-state index in [-0.39, 0.29) is 18.0 Å². The first-order valence-electron chi connectivity index (χ1n) is 13.3. The van der Waals surface area contributed by atoms with E-state index in [2.05, 4.69) is 11.0 Å². The number of benzene rings is 3. The summed E-state index contributed by atoms with van der Waals surface area (Å²) in [6.45, 7) is -0.367. The molecule has 3 aromatic rings. The summed E-state index contributed by atoms with van der Waals surface area (Å²) in [5, 5.41) is 20.4. The van der Waals surface area contributed by atoms with Crippen LogP contribution in [-0.4, -0.2) is 28.8 Å². The summed E-state index contributed by atoms with van der Waals surface area (Å²) < 4.78 is 88.0. The van der Waals surface area contributed by atoms with Gasteiger partial charge in [0.25, 0.3) is 0 Å². The van der Waals surface area contributed by atoms with Crippen molar-refractivity contribution in [1.82, 2.24) is 4.90 Å². The third-order valence-corrected chi connectivity index (χ3v) is 8.28. The molecule has 2 fully saturated rings. The molecule has 1 N–H and O–H groups in total. The molecule has 0 saturated carbocycles. The van der Waals surface area contributed by atoms with Gasteiger partial charge in [0.15, 0.2) is 0 Å². The molecule has 0 radical (unpaired) electrons. The number of piperidine rings is 1. The maximum Gasteiger partial charge on any atom is 0.416 e. The van der Waals surface area contributed by atoms with Crippen molar-refractivity contribution >= 4 is 0 Å². The molecule has 5 atom stereocenters. The smallest absolute Gasteiger partial charge is 0.393 e. The molecule has 5 unspecified atom stereocenters. The lowest BCUT2D eigenvalue weighted by Gasteiger charge is -2.50. The minimum atomic E-state index is -5.03. The zero-order chi connectivity index (χ0) is 29.4. The van der Waals surface area contributed by atoms with Crippen LogP contribution in [0.15, 0.2) is 78.9 Å². The quantitative estimate of drug-likeness (QED) is 0.302. The van der Waals surface area contributed by atoms with Gasteiger partial charge in [0.05, 0.1) is 41.4 Å². The summed E-state index contributed by atoms with van der Waals surface area (Å²) >= 11 is 0. The Morgan fingerprint density at radius 3 is 2.02 bits per heavy atom. The number of halogens is 6. The first-order chi connectivity index (χ1) is 19.5. The maximum absolute atomic E-state index is 13.6. The molecular formula is C31H28F6N2O2. The highest BCUT2D eigenvalue weighted by Gasteiger charge is 2.60. The highest BCUT2D eigenvalue weighted by atomic mass is 19.4. The Morgan fingerprint density at radius 1 is 0.902 bits per heavy atom. The molecule has 2 saturated heterocycles. The number of nitrogens with zero attached hydrogens (tertiary/aromatic N) is 2. The molecule has 216 valence electrons. The lowest BCUT2D eigenvalue weighted by Crippen LogP contribution is -2.57. The average molecular weight is 575 g/mol. The van der Waals surface area contributed by atoms with Gasteiger partial charge in [0.1, 0.15) is 6.10 Å². The van der Waals surface area contributed by atoms with Gasteiger partial charge in [-0.05, 0) is 54.2 Å². The molecule has 10 heteroatoms. The van der Waals surface area contributed by atoms with Gasteiger partial charge in [0, 0.05) is 12.6 Å². The Balaban J connectivity index is 1.59. The van der Waals surface area contributed by atoms with Gasteiger partial charge < -0.3 is 9.84 Å². The molecule has 2 heterocycles. The van der Waals surface area contributed by atoms with E-state index in [1.54, 1.807) is 0 Å². The fourth-order valence-electron chi connectivity index (χ4n) is 6.47. The molecule has 5 rings (SSSR count). The number of fused-ring (bicyclic) bond motifs is 2. The monoisotopic (exact) mass is 574 g/mol. The van der Waals surface area contributed by atoms with Crippen LogP contribution in [-0.2, 0) is 29.2 Å². The van der Waals surface area contributed by atoms with E-state index in [0.29, 0.717) is 37.9 Å². The van der Waals surface area contributed by atoms with E-state index in [9.17, 15) is 36.7 Å². The SMILES string of the molecule is N#CC1CC2(c3ccccc3)C(OC(CO)c3cc(C(F)(F)F)cc(C(F)(F)F)c3)CCC1N2Cc1ccccc1. The van der Waals surface area contributed by atoms with Crippen molar-refractivity contribution in [2.24, 2.45) is 5.92 Å². The summed E-state index contributed by atoms with van der Waals surface area (Å²) in [4.78, 5) is 2.20. The standard InChI is InChI=1S/C31H28F6N2O2/c32-30(33,34)24-13-21(14-25(15-24)31(35,36)37)27(19-40)41-28-12-11-26-22(17-38)16-29(28,23-9-5-2-6-10-23)39(26)18-20-7-3-1-4-8-20/h1-10,13-15,22,26-28,40H,11-12,16,18-19H2. The van der Waals surface area contributed by atoms with Crippen LogP contribution in [0.1, 0.15) is 53.2 Å². The van der Waals surface area contributed by atoms with Gasteiger partial charge in [-0.25, -0.2) is 0 Å². The fourth-order valence-corrected chi connectivity index (χ4v) is 6.47. The molecule has 2 aliphatic heterocycles. The Bertz CT molecular complexity index is 1360. The number of alkyl halides is 6. The second kappa shape index (κ2) is 11.1. The number of hydrogen-bond acceptors (Lipinski definition) is 4. The molecular weight excluding hydrogens is 546 g/mol. The largest absolute Gasteiger partial charge is 0.416 e. The van der Waals surface area contributed by atoms with Gasteiger partial charge in [-0.2, -0.15) is 31.6 Å². The van der Waals surface area contributed by atoms with Crippen molar-refractivity contribution in [2.75, 3.05) is 6.61 Å². The second-order valence-electron chi connectivity index (χ2n) is 10.6. The second-order valence-corrected chi connectivity index (χ2v) is 10.6. The molecule has 0 aromatic heterocycles. The number of ether oxygens (including phenoxy) is 1. The molecule has 3 aromatic carbocycles. The predicted molar refractivity (Wildman–Crippen MR) is 138 cm³/mol. The Hall–Kier alpha value is -3.39. The van der Waals surface area contributed by atoms with E-state index in [1.165, 1.54) is 0 Å². The van der Waals surface area contributed by atoms with Crippen molar-refractivity contribution in [3.63, 3.8) is 0 Å². The highest BCUT2D eigenvalue weighted by molar-refractivity contribution is 5.36. The molecule has 0 amide bonds. The third kappa shape index (κ3) is 5.59. The topological polar surface area (TPSA) is 56.5 Å². The lowest BCUT2D eigenvalue weighted by atomic mass is 9.78. The van der Waals surface area contributed by atoms with Gasteiger partial charge >= 0.3 is 12.4 Å². The Labute approximate surface area is 233 Å². The van der Waals surface area contributed by atoms with Crippen LogP contribution in [0.5, 0.6) is 0 Å². The summed E-state index contributed by atoms with van der Waals surface area (Å²) in [6, 6.07) is 22.5. The molecule has 0 aliphatic carbocycles. The predicted octanol–water partition coefficient (Wildman–Crippen LogP) is 7.25. The molecule has 41 heavy (non-hydrogen) atoms. The van der Waals surface area contributed by atoms with Gasteiger partial charge in [-0.1, -0.05) is 60.7 Å².